The van der Waals surface area contributed by atoms with Crippen LogP contribution in [0, 0.1) is 16.0 Å². The molecule has 0 amide bonds. The Morgan fingerprint density at radius 3 is 2.53 bits per heavy atom. The van der Waals surface area contributed by atoms with Crippen LogP contribution in [-0.4, -0.2) is 21.5 Å². The van der Waals surface area contributed by atoms with Crippen LogP contribution in [-0.2, 0) is 0 Å². The van der Waals surface area contributed by atoms with Crippen LogP contribution in [0.15, 0.2) is 71.6 Å². The molecule has 0 saturated heterocycles. The van der Waals surface area contributed by atoms with Crippen LogP contribution in [0.25, 0.3) is 0 Å². The lowest BCUT2D eigenvalue weighted by Crippen LogP contribution is -2.32. The average Bonchev–Trinajstić information content (AvgIpc) is 3.15. The van der Waals surface area contributed by atoms with Gasteiger partial charge in [0.25, 0.3) is 5.69 Å². The Labute approximate surface area is 210 Å². The number of nitrogens with zero attached hydrogens (tertiary/aromatic N) is 1. The molecule has 1 heterocycles. The first-order valence-corrected chi connectivity index (χ1v) is 12.4. The zero-order valence-corrected chi connectivity index (χ0v) is 20.0. The van der Waals surface area contributed by atoms with Crippen molar-refractivity contribution in [3.63, 3.8) is 0 Å². The summed E-state index contributed by atoms with van der Waals surface area (Å²) in [5.41, 5.74) is 2.70. The standard InChI is InChI=1S/C25H20Cl2N2O4S/c26-17-6-2-1-5-14(17)24-16-12-21(34-20-8-4-3-7-19(20)29(32)33)23(27)22(16)15-11-13(25(30)31)9-10-18(15)28-24/h1-11,16,21-24,28H,12H2,(H,30,31)/p-1/t16-,21+,22-,23+,24-/m1/s1. The Kier molecular flexibility index (Phi) is 6.18. The van der Waals surface area contributed by atoms with E-state index in [0.717, 1.165) is 16.8 Å². The number of carbonyl (C=O) groups excluding carboxylic acids is 1. The maximum Gasteiger partial charge on any atom is 0.282 e. The van der Waals surface area contributed by atoms with Crippen molar-refractivity contribution >= 4 is 52.3 Å². The molecule has 5 rings (SSSR count). The number of hydrogen-bond donors (Lipinski definition) is 1. The quantitative estimate of drug-likeness (QED) is 0.269. The van der Waals surface area contributed by atoms with Crippen molar-refractivity contribution in [2.45, 2.75) is 33.9 Å². The number of aromatic carboxylic acids is 1. The molecule has 1 aliphatic carbocycles. The van der Waals surface area contributed by atoms with Crippen LogP contribution in [0.3, 0.4) is 0 Å². The van der Waals surface area contributed by atoms with Crippen molar-refractivity contribution in [1.82, 2.24) is 0 Å². The van der Waals surface area contributed by atoms with E-state index in [-0.39, 0.29) is 44.7 Å². The van der Waals surface area contributed by atoms with E-state index in [4.69, 9.17) is 23.2 Å². The topological polar surface area (TPSA) is 95.3 Å². The van der Waals surface area contributed by atoms with Gasteiger partial charge in [-0.25, -0.2) is 0 Å². The van der Waals surface area contributed by atoms with E-state index in [9.17, 15) is 20.0 Å². The molecule has 1 saturated carbocycles. The number of rotatable bonds is 5. The van der Waals surface area contributed by atoms with E-state index in [1.54, 1.807) is 30.3 Å². The predicted molar refractivity (Wildman–Crippen MR) is 132 cm³/mol. The predicted octanol–water partition coefficient (Wildman–Crippen LogP) is 5.65. The van der Waals surface area contributed by atoms with Gasteiger partial charge >= 0.3 is 0 Å². The fourth-order valence-corrected chi connectivity index (χ4v) is 7.35. The molecular formula is C25H19Cl2N2O4S-. The van der Waals surface area contributed by atoms with Gasteiger partial charge < -0.3 is 15.2 Å². The third kappa shape index (κ3) is 4.02. The molecule has 9 heteroatoms. The van der Waals surface area contributed by atoms with Crippen LogP contribution in [0.5, 0.6) is 0 Å². The Morgan fingerprint density at radius 2 is 1.79 bits per heavy atom. The highest BCUT2D eigenvalue weighted by atomic mass is 35.5. The summed E-state index contributed by atoms with van der Waals surface area (Å²) < 4.78 is 0. The molecule has 174 valence electrons. The number of fused-ring (bicyclic) bond motifs is 3. The molecule has 0 unspecified atom stereocenters. The Bertz CT molecular complexity index is 1290. The largest absolute Gasteiger partial charge is 0.545 e. The van der Waals surface area contributed by atoms with Gasteiger partial charge in [0.2, 0.25) is 0 Å². The van der Waals surface area contributed by atoms with Crippen LogP contribution in [0.4, 0.5) is 11.4 Å². The Balaban J connectivity index is 1.57. The number of nitro benzene ring substituents is 1. The first-order valence-electron chi connectivity index (χ1n) is 10.8. The van der Waals surface area contributed by atoms with Gasteiger partial charge in [-0.1, -0.05) is 48.0 Å². The van der Waals surface area contributed by atoms with Crippen molar-refractivity contribution in [1.29, 1.82) is 0 Å². The second kappa shape index (κ2) is 9.13. The number of nitrogens with one attached hydrogen (secondary N) is 1. The van der Waals surface area contributed by atoms with Crippen molar-refractivity contribution in [2.75, 3.05) is 5.32 Å². The maximum absolute atomic E-state index is 11.5. The number of halogens is 2. The second-order valence-corrected chi connectivity index (χ2v) is 10.7. The van der Waals surface area contributed by atoms with Gasteiger partial charge in [0.1, 0.15) is 0 Å². The van der Waals surface area contributed by atoms with Crippen molar-refractivity contribution in [3.8, 4) is 0 Å². The number of para-hydroxylation sites is 1. The zero-order chi connectivity index (χ0) is 24.0. The number of thioether (sulfide) groups is 1. The summed E-state index contributed by atoms with van der Waals surface area (Å²) in [6.07, 6.45) is 0.674. The fraction of sp³-hybridized carbons (Fsp3) is 0.240. The summed E-state index contributed by atoms with van der Waals surface area (Å²) in [7, 11) is 0. The lowest BCUT2D eigenvalue weighted by molar-refractivity contribution is -0.387. The third-order valence-corrected chi connectivity index (χ3v) is 9.09. The number of carbonyl (C=O) groups is 1. The van der Waals surface area contributed by atoms with Crippen molar-refractivity contribution in [2.24, 2.45) is 5.92 Å². The summed E-state index contributed by atoms with van der Waals surface area (Å²) in [6.45, 7) is 0. The molecule has 0 aromatic heterocycles. The average molecular weight is 514 g/mol. The molecule has 5 atom stereocenters. The second-order valence-electron chi connectivity index (χ2n) is 8.48. The van der Waals surface area contributed by atoms with E-state index in [1.165, 1.54) is 23.9 Å². The Hall–Kier alpha value is -2.74. The minimum atomic E-state index is -1.25. The van der Waals surface area contributed by atoms with Crippen LogP contribution >= 0.6 is 35.0 Å². The molecule has 1 fully saturated rings. The first-order chi connectivity index (χ1) is 16.3. The number of carboxylic acid groups (broad SMARTS) is 1. The van der Waals surface area contributed by atoms with Gasteiger partial charge in [0, 0.05) is 27.9 Å². The van der Waals surface area contributed by atoms with E-state index in [1.807, 2.05) is 24.3 Å². The van der Waals surface area contributed by atoms with Gasteiger partial charge in [-0.05, 0) is 53.3 Å². The molecule has 1 aliphatic heterocycles. The van der Waals surface area contributed by atoms with Crippen molar-refractivity contribution < 1.29 is 14.8 Å². The highest BCUT2D eigenvalue weighted by molar-refractivity contribution is 8.00. The number of carboxylic acids is 1. The normalized spacial score (nSPS) is 25.2. The molecule has 34 heavy (non-hydrogen) atoms. The van der Waals surface area contributed by atoms with Gasteiger partial charge in [-0.15, -0.1) is 23.4 Å². The molecule has 3 aromatic carbocycles. The van der Waals surface area contributed by atoms with Gasteiger partial charge in [0.15, 0.2) is 0 Å². The minimum Gasteiger partial charge on any atom is -0.545 e. The smallest absolute Gasteiger partial charge is 0.282 e. The lowest BCUT2D eigenvalue weighted by atomic mass is 9.77. The lowest BCUT2D eigenvalue weighted by Gasteiger charge is -2.39. The number of alkyl halides is 1. The molecule has 3 aromatic rings. The molecule has 1 N–H and O–H groups in total. The molecular weight excluding hydrogens is 495 g/mol. The Morgan fingerprint density at radius 1 is 1.06 bits per heavy atom. The number of anilines is 1. The molecule has 0 radical (unpaired) electrons. The number of benzene rings is 3. The van der Waals surface area contributed by atoms with Gasteiger partial charge in [-0.2, -0.15) is 0 Å². The van der Waals surface area contributed by atoms with Crippen LogP contribution < -0.4 is 10.4 Å². The molecule has 2 aliphatic rings. The third-order valence-electron chi connectivity index (χ3n) is 6.63. The summed E-state index contributed by atoms with van der Waals surface area (Å²) in [5.74, 6) is -1.41. The van der Waals surface area contributed by atoms with E-state index < -0.39 is 5.97 Å². The number of hydrogen-bond acceptors (Lipinski definition) is 6. The minimum absolute atomic E-state index is 0.00664. The van der Waals surface area contributed by atoms with E-state index in [0.29, 0.717) is 16.3 Å². The highest BCUT2D eigenvalue weighted by Gasteiger charge is 2.50. The first kappa shape index (κ1) is 23.0. The molecule has 0 spiro atoms. The SMILES string of the molecule is O=C([O-])c1ccc2c(c1)[C@H]1[C@@H](Cl)[C@@H](Sc3ccccc3[N+](=O)[O-])C[C@H]1[C@@H](c1ccccc1Cl)N2. The summed E-state index contributed by atoms with van der Waals surface area (Å²) >= 11 is 15.0. The van der Waals surface area contributed by atoms with Crippen molar-refractivity contribution in [3.05, 3.63) is 98.6 Å². The van der Waals surface area contributed by atoms with Crippen LogP contribution in [0.2, 0.25) is 5.02 Å². The van der Waals surface area contributed by atoms with Gasteiger partial charge in [0.05, 0.1) is 27.2 Å². The summed E-state index contributed by atoms with van der Waals surface area (Å²) in [5, 5.41) is 26.8. The highest BCUT2D eigenvalue weighted by Crippen LogP contribution is 2.58. The van der Waals surface area contributed by atoms with Crippen LogP contribution in [0.1, 0.15) is 39.9 Å². The zero-order valence-electron chi connectivity index (χ0n) is 17.7. The summed E-state index contributed by atoms with van der Waals surface area (Å²) in [6, 6.07) is 19.0. The summed E-state index contributed by atoms with van der Waals surface area (Å²) in [4.78, 5) is 23.3. The molecule has 0 bridgehead atoms. The van der Waals surface area contributed by atoms with E-state index >= 15 is 0 Å². The monoisotopic (exact) mass is 513 g/mol. The van der Waals surface area contributed by atoms with E-state index in [2.05, 4.69) is 5.32 Å². The fourth-order valence-electron chi connectivity index (χ4n) is 5.15. The molecule has 6 nitrogen and oxygen atoms in total. The maximum atomic E-state index is 11.5. The van der Waals surface area contributed by atoms with Gasteiger partial charge in [-0.3, -0.25) is 10.1 Å². The number of nitro groups is 1.